The molecule has 0 saturated carbocycles. The summed E-state index contributed by atoms with van der Waals surface area (Å²) >= 11 is 0. The average molecular weight is 609 g/mol. The molecule has 0 radical (unpaired) electrons. The summed E-state index contributed by atoms with van der Waals surface area (Å²) in [7, 11) is 0. The molecule has 0 bridgehead atoms. The fraction of sp³-hybridized carbons (Fsp3) is 0. The van der Waals surface area contributed by atoms with Crippen molar-refractivity contribution in [2.45, 2.75) is 0 Å². The first-order valence-electron chi connectivity index (χ1n) is 16.4. The fourth-order valence-electron chi connectivity index (χ4n) is 7.90. The van der Waals surface area contributed by atoms with E-state index in [2.05, 4.69) is 157 Å². The van der Waals surface area contributed by atoms with Crippen molar-refractivity contribution in [3.8, 4) is 33.5 Å². The second-order valence-electron chi connectivity index (χ2n) is 12.5. The second-order valence-corrected chi connectivity index (χ2v) is 12.5. The first-order valence-corrected chi connectivity index (χ1v) is 16.4. The first-order chi connectivity index (χ1) is 23.8. The molecule has 2 aromatic heterocycles. The third-order valence-corrected chi connectivity index (χ3v) is 9.90. The van der Waals surface area contributed by atoms with E-state index in [1.54, 1.807) is 0 Å². The van der Waals surface area contributed by atoms with E-state index < -0.39 is 0 Å². The Balaban J connectivity index is 1.41. The fourth-order valence-corrected chi connectivity index (χ4v) is 7.90. The molecule has 10 rings (SSSR count). The van der Waals surface area contributed by atoms with Crippen molar-refractivity contribution in [1.29, 1.82) is 0 Å². The third-order valence-electron chi connectivity index (χ3n) is 9.90. The van der Waals surface area contributed by atoms with Gasteiger partial charge in [0.1, 0.15) is 0 Å². The van der Waals surface area contributed by atoms with Gasteiger partial charge in [0.2, 0.25) is 0 Å². The molecule has 0 aliphatic carbocycles. The lowest BCUT2D eigenvalue weighted by Gasteiger charge is -2.21. The van der Waals surface area contributed by atoms with E-state index in [1.165, 1.54) is 70.7 Å². The number of benzene rings is 8. The Morgan fingerprint density at radius 3 is 1.62 bits per heavy atom. The molecule has 10 aromatic rings. The van der Waals surface area contributed by atoms with Crippen LogP contribution in [0, 0.1) is 0 Å². The van der Waals surface area contributed by atoms with E-state index in [0.717, 1.165) is 27.5 Å². The number of pyridine rings is 2. The predicted octanol–water partition coefficient (Wildman–Crippen LogP) is 12.4. The van der Waals surface area contributed by atoms with Crippen molar-refractivity contribution in [2.24, 2.45) is 0 Å². The van der Waals surface area contributed by atoms with Crippen molar-refractivity contribution in [3.05, 3.63) is 170 Å². The SMILES string of the molecule is c1cncc(-c2nc3ccccc3c3c2cc(-c2c4ccccc4c(-c4cccc5ccccc45)c4ccccc24)c2ccccc23)c1. The van der Waals surface area contributed by atoms with Gasteiger partial charge in [0.25, 0.3) is 0 Å². The van der Waals surface area contributed by atoms with E-state index in [1.807, 2.05) is 18.5 Å². The summed E-state index contributed by atoms with van der Waals surface area (Å²) in [6, 6.07) is 57.1. The Hall–Kier alpha value is -6.38. The lowest BCUT2D eigenvalue weighted by atomic mass is 9.82. The third kappa shape index (κ3) is 3.93. The van der Waals surface area contributed by atoms with Crippen LogP contribution in [0.4, 0.5) is 0 Å². The summed E-state index contributed by atoms with van der Waals surface area (Å²) in [5.41, 5.74) is 7.92. The van der Waals surface area contributed by atoms with Gasteiger partial charge in [-0.15, -0.1) is 0 Å². The first kappa shape index (κ1) is 26.8. The van der Waals surface area contributed by atoms with Crippen LogP contribution in [0.2, 0.25) is 0 Å². The summed E-state index contributed by atoms with van der Waals surface area (Å²) in [5.74, 6) is 0. The Labute approximate surface area is 277 Å². The van der Waals surface area contributed by atoms with Gasteiger partial charge in [0, 0.05) is 34.1 Å². The lowest BCUT2D eigenvalue weighted by molar-refractivity contribution is 1.31. The molecule has 48 heavy (non-hydrogen) atoms. The zero-order chi connectivity index (χ0) is 31.6. The van der Waals surface area contributed by atoms with Crippen LogP contribution in [-0.4, -0.2) is 9.97 Å². The molecule has 0 unspecified atom stereocenters. The largest absolute Gasteiger partial charge is 0.264 e. The van der Waals surface area contributed by atoms with E-state index in [-0.39, 0.29) is 0 Å². The van der Waals surface area contributed by atoms with E-state index in [4.69, 9.17) is 4.98 Å². The lowest BCUT2D eigenvalue weighted by Crippen LogP contribution is -1.95. The molecule has 0 aliphatic rings. The van der Waals surface area contributed by atoms with Crippen molar-refractivity contribution < 1.29 is 0 Å². The topological polar surface area (TPSA) is 25.8 Å². The van der Waals surface area contributed by atoms with Crippen molar-refractivity contribution in [1.82, 2.24) is 9.97 Å². The normalized spacial score (nSPS) is 11.8. The highest BCUT2D eigenvalue weighted by molar-refractivity contribution is 6.30. The molecule has 2 heteroatoms. The maximum Gasteiger partial charge on any atom is 0.0803 e. The number of hydrogen-bond acceptors (Lipinski definition) is 2. The van der Waals surface area contributed by atoms with E-state index in [0.29, 0.717) is 0 Å². The predicted molar refractivity (Wildman–Crippen MR) is 203 cm³/mol. The molecular weight excluding hydrogens is 581 g/mol. The second kappa shape index (κ2) is 10.6. The number of para-hydroxylation sites is 1. The minimum absolute atomic E-state index is 0.949. The van der Waals surface area contributed by atoms with Crippen LogP contribution in [-0.2, 0) is 0 Å². The molecule has 0 spiro atoms. The highest BCUT2D eigenvalue weighted by atomic mass is 14.7. The maximum atomic E-state index is 5.28. The monoisotopic (exact) mass is 608 g/mol. The van der Waals surface area contributed by atoms with Gasteiger partial charge >= 0.3 is 0 Å². The van der Waals surface area contributed by atoms with Gasteiger partial charge in [-0.2, -0.15) is 0 Å². The highest BCUT2D eigenvalue weighted by Crippen LogP contribution is 2.48. The van der Waals surface area contributed by atoms with Crippen LogP contribution in [0.15, 0.2) is 170 Å². The van der Waals surface area contributed by atoms with Crippen LogP contribution >= 0.6 is 0 Å². The Morgan fingerprint density at radius 1 is 0.375 bits per heavy atom. The summed E-state index contributed by atoms with van der Waals surface area (Å²) in [6.07, 6.45) is 3.75. The smallest absolute Gasteiger partial charge is 0.0803 e. The molecule has 2 nitrogen and oxygen atoms in total. The zero-order valence-corrected chi connectivity index (χ0v) is 26.1. The molecule has 8 aromatic carbocycles. The van der Waals surface area contributed by atoms with Crippen LogP contribution < -0.4 is 0 Å². The Bertz CT molecular complexity index is 2830. The van der Waals surface area contributed by atoms with Crippen LogP contribution in [0.25, 0.3) is 98.3 Å². The minimum atomic E-state index is 0.949. The number of fused-ring (bicyclic) bond motifs is 8. The number of nitrogens with zero attached hydrogens (tertiary/aromatic N) is 2. The summed E-state index contributed by atoms with van der Waals surface area (Å²) in [6.45, 7) is 0. The van der Waals surface area contributed by atoms with Crippen LogP contribution in [0.5, 0.6) is 0 Å². The molecule has 222 valence electrons. The molecule has 0 saturated heterocycles. The molecular formula is C46H28N2. The maximum absolute atomic E-state index is 5.28. The van der Waals surface area contributed by atoms with Gasteiger partial charge in [-0.1, -0.05) is 133 Å². The summed E-state index contributed by atoms with van der Waals surface area (Å²) in [5, 5.41) is 13.4. The van der Waals surface area contributed by atoms with Gasteiger partial charge < -0.3 is 0 Å². The molecule has 0 N–H and O–H groups in total. The molecule has 0 atom stereocenters. The average Bonchev–Trinajstić information content (AvgIpc) is 3.16. The molecule has 0 fully saturated rings. The van der Waals surface area contributed by atoms with Crippen molar-refractivity contribution >= 4 is 64.8 Å². The Kier molecular flexibility index (Phi) is 5.91. The molecule has 2 heterocycles. The quantitative estimate of drug-likeness (QED) is 0.147. The minimum Gasteiger partial charge on any atom is -0.264 e. The van der Waals surface area contributed by atoms with Gasteiger partial charge in [-0.25, -0.2) is 4.98 Å². The number of rotatable bonds is 3. The van der Waals surface area contributed by atoms with Gasteiger partial charge in [0.05, 0.1) is 11.2 Å². The van der Waals surface area contributed by atoms with E-state index >= 15 is 0 Å². The molecule has 0 aliphatic heterocycles. The molecule has 0 amide bonds. The van der Waals surface area contributed by atoms with Crippen molar-refractivity contribution in [3.63, 3.8) is 0 Å². The Morgan fingerprint density at radius 2 is 0.938 bits per heavy atom. The summed E-state index contributed by atoms with van der Waals surface area (Å²) < 4.78 is 0. The van der Waals surface area contributed by atoms with Gasteiger partial charge in [-0.3, -0.25) is 4.98 Å². The van der Waals surface area contributed by atoms with E-state index in [9.17, 15) is 0 Å². The highest BCUT2D eigenvalue weighted by Gasteiger charge is 2.22. The van der Waals surface area contributed by atoms with Crippen LogP contribution in [0.1, 0.15) is 0 Å². The van der Waals surface area contributed by atoms with Gasteiger partial charge in [0.15, 0.2) is 0 Å². The zero-order valence-electron chi connectivity index (χ0n) is 26.1. The number of hydrogen-bond donors (Lipinski definition) is 0. The van der Waals surface area contributed by atoms with Crippen molar-refractivity contribution in [2.75, 3.05) is 0 Å². The van der Waals surface area contributed by atoms with Gasteiger partial charge in [-0.05, 0) is 89.6 Å². The summed E-state index contributed by atoms with van der Waals surface area (Å²) in [4.78, 5) is 9.78. The standard InChI is InChI=1S/C46H28N2/c1-2-16-31-29(13-1)14-11-24-33(31)43-35-19-5-7-21-37(35)44(38-22-8-6-20-36(38)43)40-27-41-45(34-18-4-3-17-32(34)40)39-23-9-10-25-42(39)48-46(41)30-15-12-26-47-28-30/h1-28H. The number of aromatic nitrogens is 2. The van der Waals surface area contributed by atoms with Crippen LogP contribution in [0.3, 0.4) is 0 Å².